The number of nitrogens with one attached hydrogen (secondary N) is 1. The zero-order chi connectivity index (χ0) is 19.1. The molecule has 0 radical (unpaired) electrons. The van der Waals surface area contributed by atoms with Crippen molar-refractivity contribution in [3.8, 4) is 0 Å². The Balaban J connectivity index is 2.25. The molecule has 0 aromatic heterocycles. The molecule has 5 heteroatoms. The monoisotopic (exact) mass is 372 g/mol. The number of carbonyl (C=O) groups excluding carboxylic acids is 2. The minimum absolute atomic E-state index is 0.0802. The third-order valence-corrected chi connectivity index (χ3v) is 4.63. The maximum Gasteiger partial charge on any atom is 0.242 e. The van der Waals surface area contributed by atoms with Gasteiger partial charge in [0.25, 0.3) is 0 Å². The first-order chi connectivity index (χ1) is 12.4. The molecule has 0 aliphatic carbocycles. The Bertz CT molecular complexity index is 742. The maximum atomic E-state index is 13.0. The Morgan fingerprint density at radius 1 is 1.04 bits per heavy atom. The second kappa shape index (κ2) is 9.39. The zero-order valence-electron chi connectivity index (χ0n) is 15.5. The lowest BCUT2D eigenvalue weighted by Crippen LogP contribution is -2.48. The minimum Gasteiger partial charge on any atom is -0.357 e. The first kappa shape index (κ1) is 20.0. The van der Waals surface area contributed by atoms with Crippen molar-refractivity contribution in [2.75, 3.05) is 7.05 Å². The Kier molecular flexibility index (Phi) is 7.22. The van der Waals surface area contributed by atoms with E-state index in [0.717, 1.165) is 16.7 Å². The fourth-order valence-electron chi connectivity index (χ4n) is 2.85. The number of rotatable bonds is 7. The van der Waals surface area contributed by atoms with Crippen LogP contribution in [-0.4, -0.2) is 29.8 Å². The molecule has 2 rings (SSSR count). The smallest absolute Gasteiger partial charge is 0.242 e. The van der Waals surface area contributed by atoms with Gasteiger partial charge in [-0.1, -0.05) is 60.5 Å². The lowest BCUT2D eigenvalue weighted by Gasteiger charge is -2.30. The van der Waals surface area contributed by atoms with E-state index in [1.54, 1.807) is 24.1 Å². The predicted molar refractivity (Wildman–Crippen MR) is 105 cm³/mol. The van der Waals surface area contributed by atoms with Crippen LogP contribution in [-0.2, 0) is 22.6 Å². The normalized spacial score (nSPS) is 11.7. The standard InChI is InChI=1S/C21H25ClN2O2/c1-4-19(21(26)23-3)24(14-17-7-5-15(2)6-8-17)20(25)13-16-9-11-18(22)12-10-16/h5-12,19H,4,13-14H2,1-3H3,(H,23,26)/t19-/m1/s1. The summed E-state index contributed by atoms with van der Waals surface area (Å²) in [5.74, 6) is -0.229. The van der Waals surface area contributed by atoms with Gasteiger partial charge in [-0.15, -0.1) is 0 Å². The summed E-state index contributed by atoms with van der Waals surface area (Å²) >= 11 is 5.92. The van der Waals surface area contributed by atoms with E-state index in [2.05, 4.69) is 5.32 Å². The Labute approximate surface area is 160 Å². The Morgan fingerprint density at radius 3 is 2.15 bits per heavy atom. The molecule has 0 aliphatic heterocycles. The van der Waals surface area contributed by atoms with Crippen LogP contribution < -0.4 is 5.32 Å². The van der Waals surface area contributed by atoms with E-state index in [9.17, 15) is 9.59 Å². The summed E-state index contributed by atoms with van der Waals surface area (Å²) in [6.45, 7) is 4.34. The van der Waals surface area contributed by atoms with Gasteiger partial charge >= 0.3 is 0 Å². The van der Waals surface area contributed by atoms with Crippen LogP contribution in [0.25, 0.3) is 0 Å². The lowest BCUT2D eigenvalue weighted by atomic mass is 10.1. The minimum atomic E-state index is -0.499. The topological polar surface area (TPSA) is 49.4 Å². The molecule has 2 amide bonds. The summed E-state index contributed by atoms with van der Waals surface area (Å²) in [7, 11) is 1.60. The van der Waals surface area contributed by atoms with Gasteiger partial charge in [-0.2, -0.15) is 0 Å². The van der Waals surface area contributed by atoms with Crippen LogP contribution >= 0.6 is 11.6 Å². The first-order valence-corrected chi connectivity index (χ1v) is 9.13. The molecule has 4 nitrogen and oxygen atoms in total. The van der Waals surface area contributed by atoms with Gasteiger partial charge in [-0.25, -0.2) is 0 Å². The van der Waals surface area contributed by atoms with Crippen molar-refractivity contribution in [2.45, 2.75) is 39.3 Å². The van der Waals surface area contributed by atoms with Crippen molar-refractivity contribution in [2.24, 2.45) is 0 Å². The van der Waals surface area contributed by atoms with Crippen LogP contribution in [0, 0.1) is 6.92 Å². The van der Waals surface area contributed by atoms with Gasteiger partial charge in [-0.3, -0.25) is 9.59 Å². The number of benzene rings is 2. The quantitative estimate of drug-likeness (QED) is 0.804. The predicted octanol–water partition coefficient (Wildman–Crippen LogP) is 3.74. The molecule has 2 aromatic carbocycles. The van der Waals surface area contributed by atoms with E-state index in [1.165, 1.54) is 0 Å². The van der Waals surface area contributed by atoms with E-state index in [0.29, 0.717) is 18.0 Å². The summed E-state index contributed by atoms with van der Waals surface area (Å²) in [5, 5.41) is 3.30. The SMILES string of the molecule is CC[C@H](C(=O)NC)N(Cc1ccc(C)cc1)C(=O)Cc1ccc(Cl)cc1. The van der Waals surface area contributed by atoms with E-state index in [-0.39, 0.29) is 18.2 Å². The molecule has 0 unspecified atom stereocenters. The highest BCUT2D eigenvalue weighted by Crippen LogP contribution is 2.16. The average Bonchev–Trinajstić information content (AvgIpc) is 2.64. The van der Waals surface area contributed by atoms with E-state index in [1.807, 2.05) is 50.2 Å². The maximum absolute atomic E-state index is 13.0. The number of amides is 2. The highest BCUT2D eigenvalue weighted by Gasteiger charge is 2.27. The van der Waals surface area contributed by atoms with E-state index < -0.39 is 6.04 Å². The number of aryl methyl sites for hydroxylation is 1. The highest BCUT2D eigenvalue weighted by atomic mass is 35.5. The summed E-state index contributed by atoms with van der Waals surface area (Å²) in [6.07, 6.45) is 0.786. The van der Waals surface area contributed by atoms with Crippen LogP contribution in [0.15, 0.2) is 48.5 Å². The Hall–Kier alpha value is -2.33. The van der Waals surface area contributed by atoms with Gasteiger partial charge in [-0.05, 0) is 36.6 Å². The van der Waals surface area contributed by atoms with Crippen molar-refractivity contribution in [1.82, 2.24) is 10.2 Å². The molecule has 0 spiro atoms. The number of halogens is 1. The largest absolute Gasteiger partial charge is 0.357 e. The molecule has 0 bridgehead atoms. The number of nitrogens with zero attached hydrogens (tertiary/aromatic N) is 1. The molecule has 0 fully saturated rings. The fourth-order valence-corrected chi connectivity index (χ4v) is 2.98. The van der Waals surface area contributed by atoms with Crippen molar-refractivity contribution in [3.63, 3.8) is 0 Å². The molecule has 1 atom stereocenters. The third kappa shape index (κ3) is 5.33. The number of hydrogen-bond acceptors (Lipinski definition) is 2. The molecular weight excluding hydrogens is 348 g/mol. The number of likely N-dealkylation sites (N-methyl/N-ethyl adjacent to an activating group) is 1. The van der Waals surface area contributed by atoms with Crippen LogP contribution in [0.2, 0.25) is 5.02 Å². The van der Waals surface area contributed by atoms with Crippen molar-refractivity contribution in [1.29, 1.82) is 0 Å². The van der Waals surface area contributed by atoms with Crippen LogP contribution in [0.3, 0.4) is 0 Å². The number of carbonyl (C=O) groups is 2. The zero-order valence-corrected chi connectivity index (χ0v) is 16.2. The summed E-state index contributed by atoms with van der Waals surface area (Å²) < 4.78 is 0. The molecule has 26 heavy (non-hydrogen) atoms. The van der Waals surface area contributed by atoms with Gasteiger partial charge in [0.2, 0.25) is 11.8 Å². The molecule has 2 aromatic rings. The lowest BCUT2D eigenvalue weighted by molar-refractivity contribution is -0.140. The molecule has 0 saturated heterocycles. The molecular formula is C21H25ClN2O2. The van der Waals surface area contributed by atoms with E-state index in [4.69, 9.17) is 11.6 Å². The van der Waals surface area contributed by atoms with Gasteiger partial charge in [0.1, 0.15) is 6.04 Å². The van der Waals surface area contributed by atoms with Crippen molar-refractivity contribution < 1.29 is 9.59 Å². The van der Waals surface area contributed by atoms with E-state index >= 15 is 0 Å². The van der Waals surface area contributed by atoms with Gasteiger partial charge in [0.15, 0.2) is 0 Å². The summed E-state index contributed by atoms with van der Waals surface area (Å²) in [4.78, 5) is 27.0. The van der Waals surface area contributed by atoms with Crippen molar-refractivity contribution in [3.05, 3.63) is 70.2 Å². The molecule has 138 valence electrons. The first-order valence-electron chi connectivity index (χ1n) is 8.75. The second-order valence-corrected chi connectivity index (χ2v) is 6.79. The number of hydrogen-bond donors (Lipinski definition) is 1. The van der Waals surface area contributed by atoms with Crippen LogP contribution in [0.5, 0.6) is 0 Å². The second-order valence-electron chi connectivity index (χ2n) is 6.35. The van der Waals surface area contributed by atoms with Gasteiger partial charge < -0.3 is 10.2 Å². The molecule has 0 heterocycles. The fraction of sp³-hybridized carbons (Fsp3) is 0.333. The molecule has 0 aliphatic rings. The molecule has 1 N–H and O–H groups in total. The van der Waals surface area contributed by atoms with Crippen molar-refractivity contribution >= 4 is 23.4 Å². The summed E-state index contributed by atoms with van der Waals surface area (Å²) in [5.41, 5.74) is 3.04. The Morgan fingerprint density at radius 2 is 1.62 bits per heavy atom. The van der Waals surface area contributed by atoms with Gasteiger partial charge in [0.05, 0.1) is 6.42 Å². The average molecular weight is 373 g/mol. The highest BCUT2D eigenvalue weighted by molar-refractivity contribution is 6.30. The van der Waals surface area contributed by atoms with Crippen LogP contribution in [0.1, 0.15) is 30.0 Å². The van der Waals surface area contributed by atoms with Crippen LogP contribution in [0.4, 0.5) is 0 Å². The van der Waals surface area contributed by atoms with Gasteiger partial charge in [0, 0.05) is 18.6 Å². The summed E-state index contributed by atoms with van der Waals surface area (Å²) in [6, 6.07) is 14.7. The molecule has 0 saturated carbocycles. The third-order valence-electron chi connectivity index (χ3n) is 4.37.